The Morgan fingerprint density at radius 1 is 1.31 bits per heavy atom. The number of nitrogens with zero attached hydrogens (tertiary/aromatic N) is 3. The van der Waals surface area contributed by atoms with Crippen LogP contribution in [0.25, 0.3) is 0 Å². The summed E-state index contributed by atoms with van der Waals surface area (Å²) in [6.45, 7) is 6.29. The number of amides is 1. The topological polar surface area (TPSA) is 69.6 Å². The first-order valence-electron chi connectivity index (χ1n) is 9.44. The van der Waals surface area contributed by atoms with Crippen molar-refractivity contribution in [2.45, 2.75) is 39.0 Å². The molecule has 1 aliphatic carbocycles. The molecule has 0 aromatic carbocycles. The molecule has 0 bridgehead atoms. The molecule has 1 amide bonds. The number of guanidine groups is 1. The number of carbonyl (C=O) groups is 1. The van der Waals surface area contributed by atoms with E-state index < -0.39 is 0 Å². The molecule has 1 aromatic rings. The highest BCUT2D eigenvalue weighted by Gasteiger charge is 2.41. The van der Waals surface area contributed by atoms with Crippen molar-refractivity contribution < 1.29 is 4.79 Å². The Balaban J connectivity index is 0.00000243. The number of aliphatic imine (C=N–C) groups is 1. The molecule has 0 radical (unpaired) electrons. The van der Waals surface area contributed by atoms with Gasteiger partial charge in [0.2, 0.25) is 0 Å². The maximum atomic E-state index is 12.0. The molecule has 2 heterocycles. The van der Waals surface area contributed by atoms with E-state index in [1.165, 1.54) is 32.1 Å². The number of carbonyl (C=O) groups excluding carboxylic acids is 1. The van der Waals surface area contributed by atoms with Gasteiger partial charge in [-0.2, -0.15) is 0 Å². The predicted molar refractivity (Wildman–Crippen MR) is 115 cm³/mol. The highest BCUT2D eigenvalue weighted by atomic mass is 127. The summed E-state index contributed by atoms with van der Waals surface area (Å²) in [4.78, 5) is 23.1. The number of nitrogens with one attached hydrogen (secondary N) is 2. The molecule has 2 aliphatic rings. The zero-order valence-electron chi connectivity index (χ0n) is 15.5. The van der Waals surface area contributed by atoms with Crippen molar-refractivity contribution in [3.8, 4) is 0 Å². The minimum Gasteiger partial charge on any atom is -0.357 e. The van der Waals surface area contributed by atoms with Gasteiger partial charge in [-0.05, 0) is 43.7 Å². The van der Waals surface area contributed by atoms with Gasteiger partial charge in [0, 0.05) is 38.6 Å². The largest absolute Gasteiger partial charge is 0.357 e. The number of hydrogen-bond donors (Lipinski definition) is 2. The summed E-state index contributed by atoms with van der Waals surface area (Å²) in [7, 11) is 0. The van der Waals surface area contributed by atoms with Crippen LogP contribution in [0.5, 0.6) is 0 Å². The van der Waals surface area contributed by atoms with Crippen LogP contribution in [0.1, 0.15) is 49.4 Å². The van der Waals surface area contributed by atoms with Crippen molar-refractivity contribution >= 4 is 35.8 Å². The van der Waals surface area contributed by atoms with Gasteiger partial charge in [-0.15, -0.1) is 24.0 Å². The molecule has 0 unspecified atom stereocenters. The molecule has 7 heteroatoms. The number of likely N-dealkylation sites (tertiary alicyclic amines) is 1. The van der Waals surface area contributed by atoms with Gasteiger partial charge in [0.1, 0.15) is 0 Å². The standard InChI is InChI=1S/C19H29N5O.HI/c1-2-21-18(24-13-9-19(15-24)7-3-4-8-19)23-12-11-22-17(25)16-6-5-10-20-14-16;/h5-6,10,14H,2-4,7-9,11-13,15H2,1H3,(H,21,23)(H,22,25);1H. The summed E-state index contributed by atoms with van der Waals surface area (Å²) in [5, 5.41) is 6.31. The summed E-state index contributed by atoms with van der Waals surface area (Å²) in [5.41, 5.74) is 1.12. The smallest absolute Gasteiger partial charge is 0.252 e. The zero-order chi connectivity index (χ0) is 17.5. The fourth-order valence-electron chi connectivity index (χ4n) is 4.01. The fourth-order valence-corrected chi connectivity index (χ4v) is 4.01. The normalized spacial score (nSPS) is 18.7. The summed E-state index contributed by atoms with van der Waals surface area (Å²) < 4.78 is 0. The number of halogens is 1. The molecule has 1 saturated heterocycles. The fraction of sp³-hybridized carbons (Fsp3) is 0.632. The maximum Gasteiger partial charge on any atom is 0.252 e. The van der Waals surface area contributed by atoms with Crippen LogP contribution in [-0.4, -0.2) is 54.5 Å². The van der Waals surface area contributed by atoms with Crippen molar-refractivity contribution in [1.82, 2.24) is 20.5 Å². The number of aromatic nitrogens is 1. The third-order valence-electron chi connectivity index (χ3n) is 5.32. The van der Waals surface area contributed by atoms with Gasteiger partial charge >= 0.3 is 0 Å². The van der Waals surface area contributed by atoms with E-state index in [0.29, 0.717) is 24.1 Å². The van der Waals surface area contributed by atoms with E-state index in [2.05, 4.69) is 27.4 Å². The summed E-state index contributed by atoms with van der Waals surface area (Å²) in [5.74, 6) is 0.890. The Morgan fingerprint density at radius 2 is 2.12 bits per heavy atom. The zero-order valence-corrected chi connectivity index (χ0v) is 17.9. The monoisotopic (exact) mass is 471 g/mol. The maximum absolute atomic E-state index is 12.0. The van der Waals surface area contributed by atoms with Crippen LogP contribution in [0.4, 0.5) is 0 Å². The molecule has 1 saturated carbocycles. The van der Waals surface area contributed by atoms with Gasteiger partial charge in [0.15, 0.2) is 5.96 Å². The molecule has 2 N–H and O–H groups in total. The lowest BCUT2D eigenvalue weighted by Crippen LogP contribution is -2.41. The Bertz CT molecular complexity index is 601. The van der Waals surface area contributed by atoms with E-state index >= 15 is 0 Å². The highest BCUT2D eigenvalue weighted by Crippen LogP contribution is 2.45. The van der Waals surface area contributed by atoms with E-state index in [1.54, 1.807) is 24.5 Å². The molecular formula is C19H30IN5O. The highest BCUT2D eigenvalue weighted by molar-refractivity contribution is 14.0. The van der Waals surface area contributed by atoms with Crippen LogP contribution in [0.2, 0.25) is 0 Å². The Hall–Kier alpha value is -1.38. The van der Waals surface area contributed by atoms with Crippen LogP contribution in [0.3, 0.4) is 0 Å². The lowest BCUT2D eigenvalue weighted by atomic mass is 9.86. The van der Waals surface area contributed by atoms with E-state index in [1.807, 2.05) is 0 Å². The molecule has 3 rings (SSSR count). The Morgan fingerprint density at radius 3 is 2.81 bits per heavy atom. The second kappa shape index (κ2) is 10.1. The van der Waals surface area contributed by atoms with Crippen LogP contribution in [0.15, 0.2) is 29.5 Å². The lowest BCUT2D eigenvalue weighted by molar-refractivity contribution is 0.0954. The lowest BCUT2D eigenvalue weighted by Gasteiger charge is -2.26. The second-order valence-corrected chi connectivity index (χ2v) is 7.11. The third-order valence-corrected chi connectivity index (χ3v) is 5.32. The molecule has 26 heavy (non-hydrogen) atoms. The van der Waals surface area contributed by atoms with Gasteiger partial charge in [-0.1, -0.05) is 12.8 Å². The van der Waals surface area contributed by atoms with Crippen LogP contribution >= 0.6 is 24.0 Å². The minimum absolute atomic E-state index is 0. The Labute approximate surface area is 173 Å². The molecule has 6 nitrogen and oxygen atoms in total. The molecule has 1 aromatic heterocycles. The quantitative estimate of drug-likeness (QED) is 0.300. The third kappa shape index (κ3) is 5.31. The molecule has 2 fully saturated rings. The second-order valence-electron chi connectivity index (χ2n) is 7.11. The molecule has 144 valence electrons. The van der Waals surface area contributed by atoms with Gasteiger partial charge in [0.05, 0.1) is 12.1 Å². The van der Waals surface area contributed by atoms with Crippen LogP contribution < -0.4 is 10.6 Å². The van der Waals surface area contributed by atoms with Crippen molar-refractivity contribution in [2.24, 2.45) is 10.4 Å². The minimum atomic E-state index is -0.0978. The van der Waals surface area contributed by atoms with Crippen LogP contribution in [0, 0.1) is 5.41 Å². The van der Waals surface area contributed by atoms with Crippen molar-refractivity contribution in [2.75, 3.05) is 32.7 Å². The van der Waals surface area contributed by atoms with Crippen molar-refractivity contribution in [3.63, 3.8) is 0 Å². The summed E-state index contributed by atoms with van der Waals surface area (Å²) in [6.07, 6.45) is 10.0. The van der Waals surface area contributed by atoms with E-state index in [4.69, 9.17) is 4.99 Å². The van der Waals surface area contributed by atoms with Gasteiger partial charge in [-0.25, -0.2) is 0 Å². The van der Waals surface area contributed by atoms with E-state index in [9.17, 15) is 4.79 Å². The molecule has 1 aliphatic heterocycles. The van der Waals surface area contributed by atoms with E-state index in [0.717, 1.165) is 25.6 Å². The number of rotatable bonds is 5. The van der Waals surface area contributed by atoms with Gasteiger partial charge in [-0.3, -0.25) is 14.8 Å². The van der Waals surface area contributed by atoms with Crippen molar-refractivity contribution in [1.29, 1.82) is 0 Å². The Kier molecular flexibility index (Phi) is 8.12. The van der Waals surface area contributed by atoms with Crippen LogP contribution in [-0.2, 0) is 0 Å². The first kappa shape index (κ1) is 20.9. The summed E-state index contributed by atoms with van der Waals surface area (Å²) >= 11 is 0. The first-order chi connectivity index (χ1) is 12.2. The summed E-state index contributed by atoms with van der Waals surface area (Å²) in [6, 6.07) is 3.53. The molecular weight excluding hydrogens is 441 g/mol. The number of hydrogen-bond acceptors (Lipinski definition) is 3. The SMILES string of the molecule is CCNC(=NCCNC(=O)c1cccnc1)N1CCC2(CCCC2)C1.I. The van der Waals surface area contributed by atoms with Gasteiger partial charge < -0.3 is 15.5 Å². The van der Waals surface area contributed by atoms with Gasteiger partial charge in [0.25, 0.3) is 5.91 Å². The average molecular weight is 471 g/mol. The van der Waals surface area contributed by atoms with Crippen molar-refractivity contribution in [3.05, 3.63) is 30.1 Å². The first-order valence-corrected chi connectivity index (χ1v) is 9.44. The predicted octanol–water partition coefficient (Wildman–Crippen LogP) is 2.66. The number of pyridine rings is 1. The molecule has 0 atom stereocenters. The molecule has 1 spiro atoms. The van der Waals surface area contributed by atoms with E-state index in [-0.39, 0.29) is 29.9 Å². The average Bonchev–Trinajstić information content (AvgIpc) is 3.28.